The van der Waals surface area contributed by atoms with E-state index in [2.05, 4.69) is 11.8 Å². The summed E-state index contributed by atoms with van der Waals surface area (Å²) in [6.45, 7) is 3.31. The number of aliphatic hydroxyl groups excluding tert-OH is 1. The Morgan fingerprint density at radius 1 is 1.55 bits per heavy atom. The molecule has 4 nitrogen and oxygen atoms in total. The van der Waals surface area contributed by atoms with E-state index in [1.807, 2.05) is 25.1 Å². The van der Waals surface area contributed by atoms with E-state index >= 15 is 0 Å². The number of β-amino-alcohol motifs (C(OH)–C–C–N with tert-alkyl or cyclic N) is 1. The van der Waals surface area contributed by atoms with Crippen LogP contribution in [0.2, 0.25) is 0 Å². The van der Waals surface area contributed by atoms with Gasteiger partial charge in [-0.1, -0.05) is 17.9 Å². The number of benzene rings is 1. The predicted octanol–water partition coefficient (Wildman–Crippen LogP) is 0.902. The summed E-state index contributed by atoms with van der Waals surface area (Å²) in [5.41, 5.74) is 7.74. The molecule has 0 saturated carbocycles. The van der Waals surface area contributed by atoms with Gasteiger partial charge in [-0.2, -0.15) is 0 Å². The first-order valence-corrected chi connectivity index (χ1v) is 6.89. The van der Waals surface area contributed by atoms with Crippen LogP contribution in [0.15, 0.2) is 18.2 Å². The molecule has 0 spiro atoms. The van der Waals surface area contributed by atoms with Gasteiger partial charge in [0, 0.05) is 24.2 Å². The van der Waals surface area contributed by atoms with Crippen LogP contribution in [0.4, 0.5) is 0 Å². The second kappa shape index (κ2) is 6.56. The highest BCUT2D eigenvalue weighted by Gasteiger charge is 2.24. The fraction of sp³-hybridized carbons (Fsp3) is 0.438. The molecule has 1 aromatic rings. The largest absolute Gasteiger partial charge is 0.391 e. The molecular formula is C16H20N2O2. The Bertz CT molecular complexity index is 557. The lowest BCUT2D eigenvalue weighted by Crippen LogP contribution is -2.42. The molecule has 0 radical (unpaired) electrons. The van der Waals surface area contributed by atoms with Gasteiger partial charge in [-0.25, -0.2) is 0 Å². The molecule has 1 aliphatic heterocycles. The third kappa shape index (κ3) is 3.19. The highest BCUT2D eigenvalue weighted by atomic mass is 16.3. The van der Waals surface area contributed by atoms with Crippen molar-refractivity contribution in [1.29, 1.82) is 0 Å². The van der Waals surface area contributed by atoms with E-state index in [-0.39, 0.29) is 5.91 Å². The van der Waals surface area contributed by atoms with Crippen molar-refractivity contribution in [3.63, 3.8) is 0 Å². The van der Waals surface area contributed by atoms with Crippen LogP contribution >= 0.6 is 0 Å². The number of piperidine rings is 1. The zero-order valence-corrected chi connectivity index (χ0v) is 11.7. The molecule has 106 valence electrons. The fourth-order valence-electron chi connectivity index (χ4n) is 2.46. The summed E-state index contributed by atoms with van der Waals surface area (Å²) in [6, 6.07) is 5.53. The number of aliphatic hydroxyl groups is 1. The van der Waals surface area contributed by atoms with Crippen LogP contribution in [0.3, 0.4) is 0 Å². The second-order valence-electron chi connectivity index (χ2n) is 5.03. The Kier molecular flexibility index (Phi) is 4.78. The number of likely N-dealkylation sites (tertiary alicyclic amines) is 1. The average Bonchev–Trinajstić information content (AvgIpc) is 2.45. The van der Waals surface area contributed by atoms with E-state index in [1.165, 1.54) is 0 Å². The topological polar surface area (TPSA) is 66.6 Å². The summed E-state index contributed by atoms with van der Waals surface area (Å²) in [5, 5.41) is 9.69. The van der Waals surface area contributed by atoms with Crippen LogP contribution in [-0.2, 0) is 0 Å². The first-order valence-electron chi connectivity index (χ1n) is 6.89. The second-order valence-corrected chi connectivity index (χ2v) is 5.03. The molecule has 0 aliphatic carbocycles. The minimum atomic E-state index is -0.409. The van der Waals surface area contributed by atoms with Crippen LogP contribution in [0.1, 0.15) is 34.3 Å². The number of carbonyl (C=O) groups excluding carboxylic acids is 1. The smallest absolute Gasteiger partial charge is 0.254 e. The van der Waals surface area contributed by atoms with Crippen molar-refractivity contribution in [2.24, 2.45) is 5.73 Å². The number of hydrogen-bond donors (Lipinski definition) is 2. The Morgan fingerprint density at radius 3 is 3.05 bits per heavy atom. The molecule has 3 N–H and O–H groups in total. The van der Waals surface area contributed by atoms with Gasteiger partial charge in [0.05, 0.1) is 12.6 Å². The minimum Gasteiger partial charge on any atom is -0.391 e. The summed E-state index contributed by atoms with van der Waals surface area (Å²) in [6.07, 6.45) is 1.21. The molecule has 0 bridgehead atoms. The lowest BCUT2D eigenvalue weighted by molar-refractivity contribution is 0.0473. The first kappa shape index (κ1) is 14.6. The van der Waals surface area contributed by atoms with Gasteiger partial charge < -0.3 is 15.7 Å². The number of rotatable bonds is 1. The maximum absolute atomic E-state index is 12.5. The number of carbonyl (C=O) groups is 1. The summed E-state index contributed by atoms with van der Waals surface area (Å²) in [7, 11) is 0. The van der Waals surface area contributed by atoms with E-state index in [9.17, 15) is 9.90 Å². The Labute approximate surface area is 119 Å². The van der Waals surface area contributed by atoms with E-state index in [0.717, 1.165) is 24.0 Å². The third-order valence-corrected chi connectivity index (χ3v) is 3.57. The average molecular weight is 272 g/mol. The van der Waals surface area contributed by atoms with E-state index in [4.69, 9.17) is 5.73 Å². The quantitative estimate of drug-likeness (QED) is 0.747. The molecule has 0 aromatic heterocycles. The van der Waals surface area contributed by atoms with Crippen molar-refractivity contribution in [2.75, 3.05) is 19.6 Å². The van der Waals surface area contributed by atoms with E-state index < -0.39 is 6.10 Å². The maximum atomic E-state index is 12.5. The Morgan fingerprint density at radius 2 is 2.35 bits per heavy atom. The van der Waals surface area contributed by atoms with Crippen molar-refractivity contribution in [3.05, 3.63) is 34.9 Å². The van der Waals surface area contributed by atoms with Crippen LogP contribution < -0.4 is 5.73 Å². The summed E-state index contributed by atoms with van der Waals surface area (Å²) < 4.78 is 0. The molecule has 1 aliphatic rings. The van der Waals surface area contributed by atoms with Crippen LogP contribution in [0, 0.1) is 18.8 Å². The molecule has 1 fully saturated rings. The number of nitrogens with zero attached hydrogens (tertiary/aromatic N) is 1. The lowest BCUT2D eigenvalue weighted by atomic mass is 10.00. The highest BCUT2D eigenvalue weighted by Crippen LogP contribution is 2.18. The molecule has 1 atom stereocenters. The predicted molar refractivity (Wildman–Crippen MR) is 78.3 cm³/mol. The van der Waals surface area contributed by atoms with Gasteiger partial charge in [-0.15, -0.1) is 0 Å². The summed E-state index contributed by atoms with van der Waals surface area (Å²) in [5.74, 6) is 5.77. The third-order valence-electron chi connectivity index (χ3n) is 3.57. The van der Waals surface area contributed by atoms with Crippen LogP contribution in [0.5, 0.6) is 0 Å². The SMILES string of the molecule is Cc1c(C#CCN)cccc1C(=O)N1CCCC(O)C1. The first-order chi connectivity index (χ1) is 9.63. The van der Waals surface area contributed by atoms with Gasteiger partial charge in [-0.3, -0.25) is 4.79 Å². The number of amides is 1. The van der Waals surface area contributed by atoms with E-state index in [1.54, 1.807) is 4.90 Å². The standard InChI is InChI=1S/C16H20N2O2/c1-12-13(6-3-9-17)5-2-8-15(12)16(20)18-10-4-7-14(19)11-18/h2,5,8,14,19H,4,7,9-11,17H2,1H3. The minimum absolute atomic E-state index is 0.0300. The van der Waals surface area contributed by atoms with Crippen molar-refractivity contribution < 1.29 is 9.90 Å². The molecule has 1 heterocycles. The molecule has 1 aromatic carbocycles. The highest BCUT2D eigenvalue weighted by molar-refractivity contribution is 5.96. The van der Waals surface area contributed by atoms with Gasteiger partial charge in [0.15, 0.2) is 0 Å². The summed E-state index contributed by atoms with van der Waals surface area (Å²) >= 11 is 0. The zero-order valence-electron chi connectivity index (χ0n) is 11.7. The van der Waals surface area contributed by atoms with Crippen LogP contribution in [-0.4, -0.2) is 41.7 Å². The van der Waals surface area contributed by atoms with Crippen molar-refractivity contribution in [2.45, 2.75) is 25.9 Å². The molecule has 2 rings (SSSR count). The molecule has 1 amide bonds. The van der Waals surface area contributed by atoms with Crippen molar-refractivity contribution >= 4 is 5.91 Å². The van der Waals surface area contributed by atoms with Gasteiger partial charge in [0.25, 0.3) is 5.91 Å². The van der Waals surface area contributed by atoms with Crippen molar-refractivity contribution in [3.8, 4) is 11.8 Å². The normalized spacial score (nSPS) is 18.4. The fourth-order valence-corrected chi connectivity index (χ4v) is 2.46. The summed E-state index contributed by atoms with van der Waals surface area (Å²) in [4.78, 5) is 14.3. The molecular weight excluding hydrogens is 252 g/mol. The molecule has 1 unspecified atom stereocenters. The van der Waals surface area contributed by atoms with Crippen LogP contribution in [0.25, 0.3) is 0 Å². The Hall–Kier alpha value is -1.83. The van der Waals surface area contributed by atoms with Gasteiger partial charge in [0.2, 0.25) is 0 Å². The molecule has 4 heteroatoms. The van der Waals surface area contributed by atoms with Crippen molar-refractivity contribution in [1.82, 2.24) is 4.90 Å². The molecule has 20 heavy (non-hydrogen) atoms. The van der Waals surface area contributed by atoms with E-state index in [0.29, 0.717) is 25.2 Å². The van der Waals surface area contributed by atoms with Gasteiger partial charge in [-0.05, 0) is 37.5 Å². The zero-order chi connectivity index (χ0) is 14.5. The lowest BCUT2D eigenvalue weighted by Gasteiger charge is -2.30. The number of hydrogen-bond acceptors (Lipinski definition) is 3. The maximum Gasteiger partial charge on any atom is 0.254 e. The van der Waals surface area contributed by atoms with Gasteiger partial charge >= 0.3 is 0 Å². The Balaban J connectivity index is 2.26. The van der Waals surface area contributed by atoms with Gasteiger partial charge in [0.1, 0.15) is 0 Å². The molecule has 1 saturated heterocycles. The number of nitrogens with two attached hydrogens (primary N) is 1. The monoisotopic (exact) mass is 272 g/mol.